The third-order valence-electron chi connectivity index (χ3n) is 8.08. The second-order valence-corrected chi connectivity index (χ2v) is 10.6. The van der Waals surface area contributed by atoms with E-state index in [4.69, 9.17) is 4.74 Å². The minimum Gasteiger partial charge on any atom is -0.490 e. The van der Waals surface area contributed by atoms with Crippen LogP contribution >= 0.6 is 0 Å². The number of likely N-dealkylation sites (N-methyl/N-ethyl adjacent to an activating group) is 1. The fourth-order valence-corrected chi connectivity index (χ4v) is 5.86. The lowest BCUT2D eigenvalue weighted by molar-refractivity contribution is -0.143. The summed E-state index contributed by atoms with van der Waals surface area (Å²) < 4.78 is 6.47. The molecule has 1 aromatic carbocycles. The van der Waals surface area contributed by atoms with Crippen molar-refractivity contribution in [3.05, 3.63) is 29.3 Å². The largest absolute Gasteiger partial charge is 0.490 e. The average Bonchev–Trinajstić information content (AvgIpc) is 2.92. The number of nitrogens with zero attached hydrogens (tertiary/aromatic N) is 1. The number of fused-ring (bicyclic) bond motifs is 1. The Morgan fingerprint density at radius 2 is 1.70 bits per heavy atom. The van der Waals surface area contributed by atoms with Gasteiger partial charge in [-0.1, -0.05) is 37.5 Å². The number of ether oxygens (including phenoxy) is 1. The van der Waals surface area contributed by atoms with Crippen LogP contribution in [0, 0.1) is 5.92 Å². The molecule has 3 atom stereocenters. The third kappa shape index (κ3) is 7.02. The Kier molecular flexibility index (Phi) is 9.80. The highest BCUT2D eigenvalue weighted by molar-refractivity contribution is 5.92. The molecule has 1 aromatic rings. The van der Waals surface area contributed by atoms with Gasteiger partial charge in [0.2, 0.25) is 17.7 Å². The molecule has 2 bridgehead atoms. The van der Waals surface area contributed by atoms with E-state index < -0.39 is 24.6 Å². The molecule has 2 aliphatic heterocycles. The maximum absolute atomic E-state index is 13.6. The summed E-state index contributed by atoms with van der Waals surface area (Å²) in [7, 11) is 1.56. The SMILES string of the molecule is CN1C(=O)C(C2CCCCC2)NCCC2CCc3cccc(c3O2)CCCNC(=O)CNC(=O)C1CO. The summed E-state index contributed by atoms with van der Waals surface area (Å²) in [6.45, 7) is 0.407. The first-order chi connectivity index (χ1) is 18.0. The van der Waals surface area contributed by atoms with Gasteiger partial charge in [-0.25, -0.2) is 0 Å². The molecule has 4 rings (SSSR count). The number of hydrogen-bond acceptors (Lipinski definition) is 6. The monoisotopic (exact) mass is 514 g/mol. The Balaban J connectivity index is 1.53. The highest BCUT2D eigenvalue weighted by Crippen LogP contribution is 2.33. The molecule has 204 valence electrons. The number of carbonyl (C=O) groups is 3. The van der Waals surface area contributed by atoms with Crippen LogP contribution in [0.1, 0.15) is 62.5 Å². The Bertz CT molecular complexity index is 949. The molecular formula is C28H42N4O5. The lowest BCUT2D eigenvalue weighted by atomic mass is 9.83. The number of benzene rings is 1. The molecule has 3 unspecified atom stereocenters. The van der Waals surface area contributed by atoms with E-state index in [2.05, 4.69) is 34.1 Å². The zero-order valence-electron chi connectivity index (χ0n) is 22.0. The molecule has 2 heterocycles. The Labute approximate surface area is 219 Å². The van der Waals surface area contributed by atoms with Crippen LogP contribution < -0.4 is 20.7 Å². The van der Waals surface area contributed by atoms with Crippen molar-refractivity contribution in [3.63, 3.8) is 0 Å². The molecule has 0 spiro atoms. The fraction of sp³-hybridized carbons (Fsp3) is 0.679. The summed E-state index contributed by atoms with van der Waals surface area (Å²) in [5, 5.41) is 18.9. The number of aryl methyl sites for hydroxylation is 2. The van der Waals surface area contributed by atoms with Crippen LogP contribution in [0.4, 0.5) is 0 Å². The molecule has 0 radical (unpaired) electrons. The van der Waals surface area contributed by atoms with E-state index in [1.54, 1.807) is 7.05 Å². The summed E-state index contributed by atoms with van der Waals surface area (Å²) in [5.41, 5.74) is 2.38. The predicted octanol–water partition coefficient (Wildman–Crippen LogP) is 1.31. The lowest BCUT2D eigenvalue weighted by Crippen LogP contribution is -2.57. The van der Waals surface area contributed by atoms with Crippen LogP contribution in [0.3, 0.4) is 0 Å². The molecule has 3 amide bonds. The quantitative estimate of drug-likeness (QED) is 0.472. The fourth-order valence-electron chi connectivity index (χ4n) is 5.86. The van der Waals surface area contributed by atoms with Crippen LogP contribution in [-0.4, -0.2) is 79.2 Å². The van der Waals surface area contributed by atoms with Crippen molar-refractivity contribution in [2.75, 3.05) is 33.3 Å². The molecule has 0 saturated heterocycles. The van der Waals surface area contributed by atoms with E-state index in [0.717, 1.165) is 69.1 Å². The molecule has 9 nitrogen and oxygen atoms in total. The van der Waals surface area contributed by atoms with Gasteiger partial charge in [-0.15, -0.1) is 0 Å². The van der Waals surface area contributed by atoms with Crippen molar-refractivity contribution in [2.45, 2.75) is 82.4 Å². The maximum Gasteiger partial charge on any atom is 0.245 e. The van der Waals surface area contributed by atoms with Crippen LogP contribution in [-0.2, 0) is 27.2 Å². The van der Waals surface area contributed by atoms with Gasteiger partial charge in [0, 0.05) is 13.6 Å². The number of rotatable bonds is 2. The van der Waals surface area contributed by atoms with Crippen molar-refractivity contribution in [2.24, 2.45) is 5.92 Å². The topological polar surface area (TPSA) is 120 Å². The summed E-state index contributed by atoms with van der Waals surface area (Å²) in [6.07, 6.45) is 9.57. The molecule has 1 fully saturated rings. The first-order valence-electron chi connectivity index (χ1n) is 13.9. The van der Waals surface area contributed by atoms with E-state index in [0.29, 0.717) is 13.1 Å². The molecule has 1 aliphatic carbocycles. The predicted molar refractivity (Wildman–Crippen MR) is 140 cm³/mol. The smallest absolute Gasteiger partial charge is 0.245 e. The number of carbonyl (C=O) groups excluding carboxylic acids is 3. The second kappa shape index (κ2) is 13.2. The van der Waals surface area contributed by atoms with Gasteiger partial charge in [-0.3, -0.25) is 14.4 Å². The van der Waals surface area contributed by atoms with Gasteiger partial charge in [0.05, 0.1) is 19.2 Å². The summed E-state index contributed by atoms with van der Waals surface area (Å²) in [6, 6.07) is 4.80. The van der Waals surface area contributed by atoms with Gasteiger partial charge >= 0.3 is 0 Å². The maximum atomic E-state index is 13.6. The van der Waals surface area contributed by atoms with Crippen molar-refractivity contribution in [3.8, 4) is 5.75 Å². The van der Waals surface area contributed by atoms with Crippen molar-refractivity contribution in [1.29, 1.82) is 0 Å². The second-order valence-electron chi connectivity index (χ2n) is 10.6. The molecule has 37 heavy (non-hydrogen) atoms. The normalized spacial score (nSPS) is 27.2. The number of hydrogen-bond donors (Lipinski definition) is 4. The first-order valence-corrected chi connectivity index (χ1v) is 13.9. The minimum atomic E-state index is -1.05. The zero-order valence-corrected chi connectivity index (χ0v) is 22.0. The molecule has 3 aliphatic rings. The van der Waals surface area contributed by atoms with E-state index in [9.17, 15) is 19.5 Å². The van der Waals surface area contributed by atoms with Gasteiger partial charge in [0.1, 0.15) is 17.9 Å². The number of amides is 3. The van der Waals surface area contributed by atoms with Gasteiger partial charge in [-0.2, -0.15) is 0 Å². The van der Waals surface area contributed by atoms with Crippen molar-refractivity contribution in [1.82, 2.24) is 20.9 Å². The van der Waals surface area contributed by atoms with Gasteiger partial charge < -0.3 is 30.7 Å². The number of nitrogens with one attached hydrogen (secondary N) is 3. The van der Waals surface area contributed by atoms with Gasteiger partial charge in [-0.05, 0) is 68.5 Å². The molecule has 0 aromatic heterocycles. The molecular weight excluding hydrogens is 472 g/mol. The summed E-state index contributed by atoms with van der Waals surface area (Å²) in [4.78, 5) is 40.1. The summed E-state index contributed by atoms with van der Waals surface area (Å²) >= 11 is 0. The molecule has 1 saturated carbocycles. The number of para-hydroxylation sites is 1. The standard InChI is InChI=1S/C28H42N4O5/c1-32-23(18-33)27(35)31-17-24(34)29-15-6-11-20-9-5-10-21-12-13-22(37-26(20)21)14-16-30-25(28(32)36)19-7-3-2-4-8-19/h5,9-10,19,22-23,25,30,33H,2-4,6-8,11-18H2,1H3,(H,29,34)(H,31,35). The van der Waals surface area contributed by atoms with Gasteiger partial charge in [0.25, 0.3) is 0 Å². The van der Waals surface area contributed by atoms with E-state index in [1.807, 2.05) is 0 Å². The van der Waals surface area contributed by atoms with Gasteiger partial charge in [0.15, 0.2) is 0 Å². The minimum absolute atomic E-state index is 0.0683. The molecule has 4 N–H and O–H groups in total. The van der Waals surface area contributed by atoms with E-state index >= 15 is 0 Å². The first kappa shape index (κ1) is 27.4. The highest BCUT2D eigenvalue weighted by atomic mass is 16.5. The van der Waals surface area contributed by atoms with E-state index in [-0.39, 0.29) is 30.4 Å². The van der Waals surface area contributed by atoms with Crippen LogP contribution in [0.15, 0.2) is 18.2 Å². The Morgan fingerprint density at radius 1 is 0.946 bits per heavy atom. The average molecular weight is 515 g/mol. The Morgan fingerprint density at radius 3 is 2.46 bits per heavy atom. The molecule has 9 heteroatoms. The van der Waals surface area contributed by atoms with E-state index in [1.165, 1.54) is 16.9 Å². The van der Waals surface area contributed by atoms with Crippen LogP contribution in [0.2, 0.25) is 0 Å². The van der Waals surface area contributed by atoms with Crippen LogP contribution in [0.5, 0.6) is 5.75 Å². The lowest BCUT2D eigenvalue weighted by Gasteiger charge is -2.35. The zero-order chi connectivity index (χ0) is 26.2. The summed E-state index contributed by atoms with van der Waals surface area (Å²) in [5.74, 6) is 0.131. The van der Waals surface area contributed by atoms with Crippen molar-refractivity contribution >= 4 is 17.7 Å². The Hall–Kier alpha value is -2.65. The van der Waals surface area contributed by atoms with Crippen LogP contribution in [0.25, 0.3) is 0 Å². The third-order valence-corrected chi connectivity index (χ3v) is 8.08. The highest BCUT2D eigenvalue weighted by Gasteiger charge is 2.36. The number of aliphatic hydroxyl groups excluding tert-OH is 1. The van der Waals surface area contributed by atoms with Crippen molar-refractivity contribution < 1.29 is 24.2 Å². The number of aliphatic hydroxyl groups is 1.